The maximum Gasteiger partial charge on any atom is 0.0714 e. The Kier molecular flexibility index (Phi) is 2.96. The summed E-state index contributed by atoms with van der Waals surface area (Å²) < 4.78 is 0. The van der Waals surface area contributed by atoms with Gasteiger partial charge >= 0.3 is 0 Å². The van der Waals surface area contributed by atoms with Gasteiger partial charge in [0.1, 0.15) is 0 Å². The minimum absolute atomic E-state index is 0.607. The minimum Gasteiger partial charge on any atom is -0.330 e. The molecule has 0 fully saturated rings. The Labute approximate surface area is 89.1 Å². The molecule has 1 heterocycles. The lowest BCUT2D eigenvalue weighted by Gasteiger charge is -1.98. The van der Waals surface area contributed by atoms with Crippen molar-refractivity contribution in [2.45, 2.75) is 6.42 Å². The Bertz CT molecular complexity index is 515. The molecule has 0 spiro atoms. The van der Waals surface area contributed by atoms with E-state index >= 15 is 0 Å². The molecule has 0 atom stereocenters. The van der Waals surface area contributed by atoms with Crippen LogP contribution in [0, 0.1) is 11.8 Å². The highest BCUT2D eigenvalue weighted by atomic mass is 14.6. The van der Waals surface area contributed by atoms with E-state index in [2.05, 4.69) is 16.8 Å². The lowest BCUT2D eigenvalue weighted by Crippen LogP contribution is -1.95. The molecule has 1 aromatic carbocycles. The first-order chi connectivity index (χ1) is 7.42. The number of rotatable bonds is 1. The van der Waals surface area contributed by atoms with E-state index in [-0.39, 0.29) is 0 Å². The van der Waals surface area contributed by atoms with Crippen molar-refractivity contribution in [1.82, 2.24) is 4.98 Å². The molecule has 0 bridgehead atoms. The molecule has 0 aliphatic carbocycles. The van der Waals surface area contributed by atoms with Crippen molar-refractivity contribution in [3.63, 3.8) is 0 Å². The lowest BCUT2D eigenvalue weighted by molar-refractivity contribution is 1.03. The number of fused-ring (bicyclic) bond motifs is 1. The van der Waals surface area contributed by atoms with Crippen LogP contribution in [-0.2, 0) is 0 Å². The van der Waals surface area contributed by atoms with E-state index in [1.165, 1.54) is 0 Å². The molecule has 2 heteroatoms. The first kappa shape index (κ1) is 9.70. The van der Waals surface area contributed by atoms with E-state index in [9.17, 15) is 0 Å². The fraction of sp³-hybridized carbons (Fsp3) is 0.154. The van der Waals surface area contributed by atoms with Crippen LogP contribution in [0.25, 0.3) is 10.9 Å². The number of benzene rings is 1. The predicted molar refractivity (Wildman–Crippen MR) is 62.3 cm³/mol. The Balaban J connectivity index is 2.48. The van der Waals surface area contributed by atoms with E-state index < -0.39 is 0 Å². The molecule has 0 amide bonds. The summed E-state index contributed by atoms with van der Waals surface area (Å²) in [5.74, 6) is 6.16. The lowest BCUT2D eigenvalue weighted by atomic mass is 10.1. The molecular formula is C13H12N2. The smallest absolute Gasteiger partial charge is 0.0714 e. The Morgan fingerprint density at radius 3 is 2.93 bits per heavy atom. The highest BCUT2D eigenvalue weighted by molar-refractivity contribution is 5.84. The van der Waals surface area contributed by atoms with Crippen molar-refractivity contribution >= 4 is 10.9 Å². The highest BCUT2D eigenvalue weighted by Gasteiger charge is 1.96. The van der Waals surface area contributed by atoms with Gasteiger partial charge in [0, 0.05) is 30.1 Å². The van der Waals surface area contributed by atoms with Crippen molar-refractivity contribution in [2.24, 2.45) is 5.73 Å². The zero-order valence-electron chi connectivity index (χ0n) is 8.40. The summed E-state index contributed by atoms with van der Waals surface area (Å²) in [4.78, 5) is 4.28. The van der Waals surface area contributed by atoms with Crippen molar-refractivity contribution < 1.29 is 0 Å². The second-order valence-electron chi connectivity index (χ2n) is 3.22. The van der Waals surface area contributed by atoms with Crippen molar-refractivity contribution in [2.75, 3.05) is 6.54 Å². The molecule has 0 aliphatic heterocycles. The Morgan fingerprint density at radius 1 is 1.20 bits per heavy atom. The average molecular weight is 196 g/mol. The maximum absolute atomic E-state index is 5.39. The Hall–Kier alpha value is -1.85. The third-order valence-electron chi connectivity index (χ3n) is 2.14. The van der Waals surface area contributed by atoms with Crippen LogP contribution in [0.15, 0.2) is 36.5 Å². The van der Waals surface area contributed by atoms with Gasteiger partial charge in [0.15, 0.2) is 0 Å². The zero-order chi connectivity index (χ0) is 10.5. The van der Waals surface area contributed by atoms with Gasteiger partial charge in [-0.05, 0) is 12.1 Å². The highest BCUT2D eigenvalue weighted by Crippen LogP contribution is 2.14. The predicted octanol–water partition coefficient (Wildman–Crippen LogP) is 1.94. The molecule has 2 aromatic rings. The summed E-state index contributed by atoms with van der Waals surface area (Å²) in [6.45, 7) is 0.607. The molecule has 0 unspecified atom stereocenters. The molecular weight excluding hydrogens is 184 g/mol. The van der Waals surface area contributed by atoms with Crippen LogP contribution < -0.4 is 5.73 Å². The number of para-hydroxylation sites is 1. The molecule has 1 aromatic heterocycles. The first-order valence-electron chi connectivity index (χ1n) is 4.94. The molecule has 0 aliphatic rings. The normalized spacial score (nSPS) is 9.67. The third kappa shape index (κ3) is 2.15. The number of hydrogen-bond donors (Lipinski definition) is 1. The van der Waals surface area contributed by atoms with Crippen molar-refractivity contribution in [3.8, 4) is 11.8 Å². The van der Waals surface area contributed by atoms with Crippen molar-refractivity contribution in [1.29, 1.82) is 0 Å². The van der Waals surface area contributed by atoms with Gasteiger partial charge in [0.05, 0.1) is 5.52 Å². The summed E-state index contributed by atoms with van der Waals surface area (Å²) in [6.07, 6.45) is 2.52. The van der Waals surface area contributed by atoms with E-state index in [1.54, 1.807) is 6.20 Å². The number of aromatic nitrogens is 1. The molecule has 74 valence electrons. The molecule has 2 nitrogen and oxygen atoms in total. The van der Waals surface area contributed by atoms with Crippen LogP contribution in [0.4, 0.5) is 0 Å². The third-order valence-corrected chi connectivity index (χ3v) is 2.14. The van der Waals surface area contributed by atoms with E-state index in [4.69, 9.17) is 5.73 Å². The van der Waals surface area contributed by atoms with Gasteiger partial charge < -0.3 is 5.73 Å². The SMILES string of the molecule is NCCC#Cc1ccnc2ccccc12. The molecule has 15 heavy (non-hydrogen) atoms. The van der Waals surface area contributed by atoms with Gasteiger partial charge in [-0.2, -0.15) is 0 Å². The second kappa shape index (κ2) is 4.59. The fourth-order valence-corrected chi connectivity index (χ4v) is 1.43. The summed E-state index contributed by atoms with van der Waals surface area (Å²) in [5, 5.41) is 1.10. The fourth-order valence-electron chi connectivity index (χ4n) is 1.43. The van der Waals surface area contributed by atoms with Gasteiger partial charge in [0.2, 0.25) is 0 Å². The van der Waals surface area contributed by atoms with Gasteiger partial charge in [-0.3, -0.25) is 4.98 Å². The quantitative estimate of drug-likeness (QED) is 0.708. The second-order valence-corrected chi connectivity index (χ2v) is 3.22. The summed E-state index contributed by atoms with van der Waals surface area (Å²) in [6, 6.07) is 9.94. The first-order valence-corrected chi connectivity index (χ1v) is 4.94. The van der Waals surface area contributed by atoms with Gasteiger partial charge in [0.25, 0.3) is 0 Å². The summed E-state index contributed by atoms with van der Waals surface area (Å²) in [7, 11) is 0. The minimum atomic E-state index is 0.607. The van der Waals surface area contributed by atoms with Gasteiger partial charge in [-0.15, -0.1) is 0 Å². The van der Waals surface area contributed by atoms with E-state index in [1.807, 2.05) is 30.3 Å². The molecule has 2 rings (SSSR count). The summed E-state index contributed by atoms with van der Waals surface area (Å²) >= 11 is 0. The monoisotopic (exact) mass is 196 g/mol. The van der Waals surface area contributed by atoms with Gasteiger partial charge in [-0.1, -0.05) is 30.0 Å². The number of pyridine rings is 1. The molecule has 0 saturated heterocycles. The van der Waals surface area contributed by atoms with Gasteiger partial charge in [-0.25, -0.2) is 0 Å². The Morgan fingerprint density at radius 2 is 2.07 bits per heavy atom. The largest absolute Gasteiger partial charge is 0.330 e. The average Bonchev–Trinajstić information content (AvgIpc) is 2.30. The number of nitrogens with zero attached hydrogens (tertiary/aromatic N) is 1. The molecule has 0 radical (unpaired) electrons. The van der Waals surface area contributed by atoms with Crippen LogP contribution >= 0.6 is 0 Å². The van der Waals surface area contributed by atoms with Crippen LogP contribution in [0.5, 0.6) is 0 Å². The number of hydrogen-bond acceptors (Lipinski definition) is 2. The molecule has 2 N–H and O–H groups in total. The van der Waals surface area contributed by atoms with E-state index in [0.29, 0.717) is 6.54 Å². The van der Waals surface area contributed by atoms with Crippen LogP contribution in [-0.4, -0.2) is 11.5 Å². The molecule has 0 saturated carbocycles. The maximum atomic E-state index is 5.39. The van der Waals surface area contributed by atoms with Crippen LogP contribution in [0.2, 0.25) is 0 Å². The summed E-state index contributed by atoms with van der Waals surface area (Å²) in [5.41, 5.74) is 7.40. The van der Waals surface area contributed by atoms with Crippen molar-refractivity contribution in [3.05, 3.63) is 42.1 Å². The number of nitrogens with two attached hydrogens (primary N) is 1. The van der Waals surface area contributed by atoms with Crippen LogP contribution in [0.3, 0.4) is 0 Å². The zero-order valence-corrected chi connectivity index (χ0v) is 8.40. The van der Waals surface area contributed by atoms with E-state index in [0.717, 1.165) is 22.9 Å². The van der Waals surface area contributed by atoms with Crippen LogP contribution in [0.1, 0.15) is 12.0 Å². The standard InChI is InChI=1S/C13H12N2/c14-9-4-3-5-11-8-10-15-13-7-2-1-6-12(11)13/h1-2,6-8,10H,4,9,14H2. The topological polar surface area (TPSA) is 38.9 Å².